The molecule has 20 heavy (non-hydrogen) atoms. The molecule has 108 valence electrons. The van der Waals surface area contributed by atoms with Crippen LogP contribution in [0.1, 0.15) is 18.4 Å². The van der Waals surface area contributed by atoms with E-state index in [1.807, 2.05) is 0 Å². The molecule has 0 fully saturated rings. The molecule has 4 nitrogen and oxygen atoms in total. The van der Waals surface area contributed by atoms with Crippen molar-refractivity contribution in [3.05, 3.63) is 48.1 Å². The van der Waals surface area contributed by atoms with E-state index in [0.29, 0.717) is 12.5 Å². The summed E-state index contributed by atoms with van der Waals surface area (Å²) in [6.07, 6.45) is 1.91. The molecule has 0 aromatic heterocycles. The molecule has 0 radical (unpaired) electrons. The standard InChI is InChI=1S/C14H15F2NO3/c1-2-3-4-12(14(19)20)17-13(18)7-9-5-10(15)8-11(16)6-9/h2,5-6,8,12H,1,3-4,7H2,(H,17,18)(H,19,20)/t12-/m0/s1. The quantitative estimate of drug-likeness (QED) is 0.753. The predicted octanol–water partition coefficient (Wildman–Crippen LogP) is 2.04. The van der Waals surface area contributed by atoms with Crippen LogP contribution in [0.15, 0.2) is 30.9 Å². The van der Waals surface area contributed by atoms with E-state index in [-0.39, 0.29) is 18.4 Å². The van der Waals surface area contributed by atoms with Crippen molar-refractivity contribution in [2.45, 2.75) is 25.3 Å². The van der Waals surface area contributed by atoms with Crippen molar-refractivity contribution in [1.29, 1.82) is 0 Å². The van der Waals surface area contributed by atoms with Crippen molar-refractivity contribution in [3.8, 4) is 0 Å². The number of carbonyl (C=O) groups is 2. The van der Waals surface area contributed by atoms with E-state index in [1.54, 1.807) is 6.08 Å². The van der Waals surface area contributed by atoms with E-state index < -0.39 is 29.6 Å². The fourth-order valence-electron chi connectivity index (χ4n) is 1.69. The van der Waals surface area contributed by atoms with E-state index >= 15 is 0 Å². The van der Waals surface area contributed by atoms with Crippen molar-refractivity contribution >= 4 is 11.9 Å². The van der Waals surface area contributed by atoms with Gasteiger partial charge in [-0.2, -0.15) is 0 Å². The molecule has 1 aromatic carbocycles. The second kappa shape index (κ2) is 7.37. The molecule has 0 aliphatic carbocycles. The van der Waals surface area contributed by atoms with Crippen LogP contribution in [0.3, 0.4) is 0 Å². The van der Waals surface area contributed by atoms with Gasteiger partial charge < -0.3 is 10.4 Å². The minimum atomic E-state index is -1.16. The smallest absolute Gasteiger partial charge is 0.326 e. The third kappa shape index (κ3) is 5.17. The van der Waals surface area contributed by atoms with E-state index in [4.69, 9.17) is 5.11 Å². The molecule has 0 bridgehead atoms. The second-order valence-corrected chi connectivity index (χ2v) is 4.28. The van der Waals surface area contributed by atoms with Crippen LogP contribution in [0.4, 0.5) is 8.78 Å². The van der Waals surface area contributed by atoms with Crippen molar-refractivity contribution in [2.24, 2.45) is 0 Å². The van der Waals surface area contributed by atoms with Crippen molar-refractivity contribution in [1.82, 2.24) is 5.32 Å². The Bertz CT molecular complexity index is 497. The molecule has 0 heterocycles. The second-order valence-electron chi connectivity index (χ2n) is 4.28. The Morgan fingerprint density at radius 3 is 2.40 bits per heavy atom. The number of hydrogen-bond acceptors (Lipinski definition) is 2. The van der Waals surface area contributed by atoms with Crippen LogP contribution in [0.25, 0.3) is 0 Å². The van der Waals surface area contributed by atoms with E-state index in [9.17, 15) is 18.4 Å². The summed E-state index contributed by atoms with van der Waals surface area (Å²) in [6, 6.07) is 1.72. The van der Waals surface area contributed by atoms with Crippen molar-refractivity contribution in [2.75, 3.05) is 0 Å². The zero-order valence-electron chi connectivity index (χ0n) is 10.7. The van der Waals surface area contributed by atoms with Crippen LogP contribution in [0.5, 0.6) is 0 Å². The molecular formula is C14H15F2NO3. The first kappa shape index (κ1) is 15.8. The molecule has 1 atom stereocenters. The monoisotopic (exact) mass is 283 g/mol. The lowest BCUT2D eigenvalue weighted by Crippen LogP contribution is -2.41. The Morgan fingerprint density at radius 2 is 1.90 bits per heavy atom. The Hall–Kier alpha value is -2.24. The van der Waals surface area contributed by atoms with Crippen LogP contribution in [0.2, 0.25) is 0 Å². The number of hydrogen-bond donors (Lipinski definition) is 2. The molecule has 6 heteroatoms. The van der Waals surface area contributed by atoms with E-state index in [1.165, 1.54) is 0 Å². The van der Waals surface area contributed by atoms with Crippen molar-refractivity contribution in [3.63, 3.8) is 0 Å². The summed E-state index contributed by atoms with van der Waals surface area (Å²) in [6.45, 7) is 3.47. The number of rotatable bonds is 7. The van der Waals surface area contributed by atoms with Gasteiger partial charge >= 0.3 is 5.97 Å². The maximum atomic E-state index is 13.0. The summed E-state index contributed by atoms with van der Waals surface area (Å²) in [5.74, 6) is -3.33. The number of amides is 1. The van der Waals surface area contributed by atoms with Gasteiger partial charge in [-0.3, -0.25) is 4.79 Å². The minimum Gasteiger partial charge on any atom is -0.480 e. The van der Waals surface area contributed by atoms with Gasteiger partial charge in [-0.1, -0.05) is 6.08 Å². The molecule has 0 aliphatic rings. The summed E-state index contributed by atoms with van der Waals surface area (Å²) in [5, 5.41) is 11.2. The predicted molar refractivity (Wildman–Crippen MR) is 69.1 cm³/mol. The normalized spacial score (nSPS) is 11.7. The largest absolute Gasteiger partial charge is 0.480 e. The maximum Gasteiger partial charge on any atom is 0.326 e. The zero-order valence-corrected chi connectivity index (χ0v) is 10.7. The highest BCUT2D eigenvalue weighted by Gasteiger charge is 2.19. The first-order chi connectivity index (χ1) is 9.42. The molecule has 0 spiro atoms. The highest BCUT2D eigenvalue weighted by molar-refractivity contribution is 5.84. The first-order valence-corrected chi connectivity index (χ1v) is 6.00. The van der Waals surface area contributed by atoms with Gasteiger partial charge in [-0.25, -0.2) is 13.6 Å². The molecule has 0 saturated heterocycles. The molecule has 0 aliphatic heterocycles. The topological polar surface area (TPSA) is 66.4 Å². The lowest BCUT2D eigenvalue weighted by molar-refractivity contribution is -0.141. The Balaban J connectivity index is 2.65. The van der Waals surface area contributed by atoms with Crippen LogP contribution < -0.4 is 5.32 Å². The summed E-state index contributed by atoms with van der Waals surface area (Å²) >= 11 is 0. The third-order valence-corrected chi connectivity index (χ3v) is 2.58. The molecule has 1 amide bonds. The van der Waals surface area contributed by atoms with E-state index in [2.05, 4.69) is 11.9 Å². The molecule has 1 rings (SSSR count). The highest BCUT2D eigenvalue weighted by atomic mass is 19.1. The van der Waals surface area contributed by atoms with Gasteiger partial charge in [0.15, 0.2) is 0 Å². The first-order valence-electron chi connectivity index (χ1n) is 6.00. The lowest BCUT2D eigenvalue weighted by atomic mass is 10.1. The minimum absolute atomic E-state index is 0.146. The van der Waals surface area contributed by atoms with Crippen molar-refractivity contribution < 1.29 is 23.5 Å². The lowest BCUT2D eigenvalue weighted by Gasteiger charge is -2.13. The number of halogens is 2. The van der Waals surface area contributed by atoms with Crippen LogP contribution >= 0.6 is 0 Å². The number of carboxylic acid groups (broad SMARTS) is 1. The van der Waals surface area contributed by atoms with Crippen LogP contribution in [-0.2, 0) is 16.0 Å². The molecular weight excluding hydrogens is 268 g/mol. The van der Waals surface area contributed by atoms with Crippen LogP contribution in [0, 0.1) is 11.6 Å². The molecule has 2 N–H and O–H groups in total. The summed E-state index contributed by atoms with van der Waals surface area (Å²) in [7, 11) is 0. The number of aliphatic carboxylic acids is 1. The molecule has 0 unspecified atom stereocenters. The van der Waals surface area contributed by atoms with Gasteiger partial charge in [0.1, 0.15) is 17.7 Å². The summed E-state index contributed by atoms with van der Waals surface area (Å²) < 4.78 is 25.9. The van der Waals surface area contributed by atoms with Gasteiger partial charge in [-0.15, -0.1) is 6.58 Å². The van der Waals surface area contributed by atoms with Gasteiger partial charge in [-0.05, 0) is 30.5 Å². The van der Waals surface area contributed by atoms with E-state index in [0.717, 1.165) is 12.1 Å². The Morgan fingerprint density at radius 1 is 1.30 bits per heavy atom. The number of carboxylic acids is 1. The van der Waals surface area contributed by atoms with Crippen LogP contribution in [-0.4, -0.2) is 23.0 Å². The van der Waals surface area contributed by atoms with Gasteiger partial charge in [0, 0.05) is 6.07 Å². The number of allylic oxidation sites excluding steroid dienone is 1. The summed E-state index contributed by atoms with van der Waals surface area (Å²) in [5.41, 5.74) is 0.146. The average Bonchev–Trinajstić information content (AvgIpc) is 2.32. The van der Waals surface area contributed by atoms with Gasteiger partial charge in [0.2, 0.25) is 5.91 Å². The molecule has 1 aromatic rings. The number of nitrogens with one attached hydrogen (secondary N) is 1. The summed E-state index contributed by atoms with van der Waals surface area (Å²) in [4.78, 5) is 22.6. The number of benzene rings is 1. The average molecular weight is 283 g/mol. The molecule has 0 saturated carbocycles. The highest BCUT2D eigenvalue weighted by Crippen LogP contribution is 2.09. The zero-order chi connectivity index (χ0) is 15.1. The fraction of sp³-hybridized carbons (Fsp3) is 0.286. The van der Waals surface area contributed by atoms with Gasteiger partial charge in [0.25, 0.3) is 0 Å². The Kier molecular flexibility index (Phi) is 5.83. The fourth-order valence-corrected chi connectivity index (χ4v) is 1.69. The maximum absolute atomic E-state index is 13.0. The SMILES string of the molecule is C=CCC[C@H](NC(=O)Cc1cc(F)cc(F)c1)C(=O)O. The third-order valence-electron chi connectivity index (χ3n) is 2.58. The Labute approximate surface area is 115 Å². The van der Waals surface area contributed by atoms with Gasteiger partial charge in [0.05, 0.1) is 6.42 Å². The number of carbonyl (C=O) groups excluding carboxylic acids is 1.